The van der Waals surface area contributed by atoms with E-state index in [1.165, 1.54) is 4.68 Å². The second-order valence-corrected chi connectivity index (χ2v) is 8.43. The number of nitrogens with zero attached hydrogens (tertiary/aromatic N) is 6. The van der Waals surface area contributed by atoms with Gasteiger partial charge in [-0.15, -0.1) is 0 Å². The third-order valence-corrected chi connectivity index (χ3v) is 5.80. The molecule has 8 nitrogen and oxygen atoms in total. The van der Waals surface area contributed by atoms with E-state index in [0.29, 0.717) is 34.1 Å². The zero-order chi connectivity index (χ0) is 22.6. The standard InChI is InChI=1S/C23H22FN7O/c1-12-9-31(10-13(2)27-12)16-6-17-14(7-25)5-19(28-23(17)26-8-16)18-4-15-11-30(3)29-21(15)20(24)22(18)32/h4-6,8,11-13,27,32H,9-10H2,1-3H3/t12-,13+. The van der Waals surface area contributed by atoms with Gasteiger partial charge in [0, 0.05) is 54.8 Å². The fourth-order valence-corrected chi connectivity index (χ4v) is 4.47. The number of hydrogen-bond acceptors (Lipinski definition) is 7. The zero-order valence-electron chi connectivity index (χ0n) is 18.0. The molecule has 4 heterocycles. The maximum Gasteiger partial charge on any atom is 0.193 e. The number of aryl methyl sites for hydroxylation is 1. The average molecular weight is 431 g/mol. The van der Waals surface area contributed by atoms with Crippen molar-refractivity contribution in [2.45, 2.75) is 25.9 Å². The largest absolute Gasteiger partial charge is 0.504 e. The molecule has 2 atom stereocenters. The van der Waals surface area contributed by atoms with Crippen LogP contribution in [0.4, 0.5) is 10.1 Å². The van der Waals surface area contributed by atoms with Crippen LogP contribution in [0.5, 0.6) is 5.75 Å². The molecule has 0 saturated carbocycles. The minimum absolute atomic E-state index is 0.0808. The second-order valence-electron chi connectivity index (χ2n) is 8.43. The van der Waals surface area contributed by atoms with Gasteiger partial charge in [-0.25, -0.2) is 14.4 Å². The van der Waals surface area contributed by atoms with Gasteiger partial charge in [-0.2, -0.15) is 10.4 Å². The Morgan fingerprint density at radius 2 is 1.97 bits per heavy atom. The molecule has 1 aromatic carbocycles. The van der Waals surface area contributed by atoms with Crippen molar-refractivity contribution in [3.63, 3.8) is 0 Å². The average Bonchev–Trinajstić information content (AvgIpc) is 3.15. The first-order valence-electron chi connectivity index (χ1n) is 10.4. The van der Waals surface area contributed by atoms with E-state index in [4.69, 9.17) is 0 Å². The van der Waals surface area contributed by atoms with Gasteiger partial charge in [0.2, 0.25) is 0 Å². The lowest BCUT2D eigenvalue weighted by molar-refractivity contribution is 0.407. The lowest BCUT2D eigenvalue weighted by Gasteiger charge is -2.37. The van der Waals surface area contributed by atoms with Crippen molar-refractivity contribution >= 4 is 27.6 Å². The Kier molecular flexibility index (Phi) is 4.68. The first-order chi connectivity index (χ1) is 15.3. The summed E-state index contributed by atoms with van der Waals surface area (Å²) in [7, 11) is 1.68. The molecule has 1 aliphatic rings. The Morgan fingerprint density at radius 3 is 2.69 bits per heavy atom. The van der Waals surface area contributed by atoms with Crippen molar-refractivity contribution in [3.8, 4) is 23.1 Å². The summed E-state index contributed by atoms with van der Waals surface area (Å²) in [6.07, 6.45) is 3.41. The summed E-state index contributed by atoms with van der Waals surface area (Å²) in [6, 6.07) is 7.98. The fourth-order valence-electron chi connectivity index (χ4n) is 4.47. The predicted octanol–water partition coefficient (Wildman–Crippen LogP) is 3.09. The normalized spacial score (nSPS) is 18.9. The van der Waals surface area contributed by atoms with Crippen molar-refractivity contribution in [1.29, 1.82) is 5.26 Å². The molecule has 2 N–H and O–H groups in total. The molecule has 0 unspecified atom stereocenters. The number of phenolic OH excluding ortho intramolecular Hbond substituents is 1. The molecule has 0 radical (unpaired) electrons. The number of rotatable bonds is 2. The number of fused-ring (bicyclic) bond motifs is 2. The van der Waals surface area contributed by atoms with Crippen LogP contribution in [-0.4, -0.2) is 50.0 Å². The van der Waals surface area contributed by atoms with Gasteiger partial charge in [0.15, 0.2) is 17.2 Å². The summed E-state index contributed by atoms with van der Waals surface area (Å²) in [5, 5.41) is 29.0. The topological polar surface area (TPSA) is 103 Å². The number of pyridine rings is 2. The molecule has 162 valence electrons. The molecule has 0 aliphatic carbocycles. The SMILES string of the molecule is C[C@@H]1CN(c2cnc3nc(-c4cc5cn(C)nc5c(F)c4O)cc(C#N)c3c2)C[C@H](C)N1. The van der Waals surface area contributed by atoms with Crippen molar-refractivity contribution in [3.05, 3.63) is 42.0 Å². The van der Waals surface area contributed by atoms with Gasteiger partial charge >= 0.3 is 0 Å². The minimum Gasteiger partial charge on any atom is -0.504 e. The molecule has 9 heteroatoms. The first kappa shape index (κ1) is 20.2. The third-order valence-electron chi connectivity index (χ3n) is 5.80. The molecule has 1 aliphatic heterocycles. The molecule has 1 fully saturated rings. The molecule has 0 bridgehead atoms. The number of benzene rings is 1. The Morgan fingerprint density at radius 1 is 1.22 bits per heavy atom. The lowest BCUT2D eigenvalue weighted by atomic mass is 10.0. The Balaban J connectivity index is 1.63. The predicted molar refractivity (Wildman–Crippen MR) is 120 cm³/mol. The molecular weight excluding hydrogens is 409 g/mol. The molecule has 5 rings (SSSR count). The van der Waals surface area contributed by atoms with Crippen molar-refractivity contribution in [1.82, 2.24) is 25.1 Å². The maximum absolute atomic E-state index is 14.7. The van der Waals surface area contributed by atoms with Crippen LogP contribution in [0.1, 0.15) is 19.4 Å². The van der Waals surface area contributed by atoms with Crippen molar-refractivity contribution in [2.75, 3.05) is 18.0 Å². The number of phenols is 1. The van der Waals surface area contributed by atoms with Crippen LogP contribution in [0, 0.1) is 17.1 Å². The van der Waals surface area contributed by atoms with E-state index in [1.54, 1.807) is 31.6 Å². The Hall–Kier alpha value is -3.77. The molecule has 0 spiro atoms. The van der Waals surface area contributed by atoms with E-state index in [-0.39, 0.29) is 16.8 Å². The highest BCUT2D eigenvalue weighted by molar-refractivity contribution is 5.91. The highest BCUT2D eigenvalue weighted by Crippen LogP contribution is 2.37. The van der Waals surface area contributed by atoms with Crippen LogP contribution in [0.25, 0.3) is 33.2 Å². The molecule has 3 aromatic heterocycles. The lowest BCUT2D eigenvalue weighted by Crippen LogP contribution is -2.54. The van der Waals surface area contributed by atoms with E-state index in [1.807, 2.05) is 6.07 Å². The number of nitrogens with one attached hydrogen (secondary N) is 1. The van der Waals surface area contributed by atoms with Gasteiger partial charge < -0.3 is 15.3 Å². The second kappa shape index (κ2) is 7.43. The first-order valence-corrected chi connectivity index (χ1v) is 10.4. The van der Waals surface area contributed by atoms with Crippen LogP contribution in [0.3, 0.4) is 0 Å². The quantitative estimate of drug-likeness (QED) is 0.503. The van der Waals surface area contributed by atoms with Crippen LogP contribution >= 0.6 is 0 Å². The Bertz CT molecular complexity index is 1400. The molecule has 4 aromatic rings. The van der Waals surface area contributed by atoms with Gasteiger partial charge in [0.05, 0.1) is 29.2 Å². The van der Waals surface area contributed by atoms with Crippen molar-refractivity contribution in [2.24, 2.45) is 7.05 Å². The number of piperazine rings is 1. The molecule has 0 amide bonds. The van der Waals surface area contributed by atoms with Crippen LogP contribution < -0.4 is 10.2 Å². The van der Waals surface area contributed by atoms with Gasteiger partial charge in [0.25, 0.3) is 0 Å². The smallest absolute Gasteiger partial charge is 0.193 e. The summed E-state index contributed by atoms with van der Waals surface area (Å²) in [4.78, 5) is 11.3. The van der Waals surface area contributed by atoms with E-state index in [0.717, 1.165) is 18.8 Å². The van der Waals surface area contributed by atoms with E-state index >= 15 is 0 Å². The Labute approximate surface area is 183 Å². The number of anilines is 1. The number of aromatic nitrogens is 4. The van der Waals surface area contributed by atoms with Gasteiger partial charge in [-0.3, -0.25) is 4.68 Å². The highest BCUT2D eigenvalue weighted by atomic mass is 19.1. The van der Waals surface area contributed by atoms with Gasteiger partial charge in [-0.05, 0) is 32.0 Å². The highest BCUT2D eigenvalue weighted by Gasteiger charge is 2.23. The summed E-state index contributed by atoms with van der Waals surface area (Å²) >= 11 is 0. The van der Waals surface area contributed by atoms with Crippen LogP contribution in [0.15, 0.2) is 30.6 Å². The number of nitriles is 1. The van der Waals surface area contributed by atoms with Gasteiger partial charge in [-0.1, -0.05) is 0 Å². The third kappa shape index (κ3) is 3.29. The monoisotopic (exact) mass is 431 g/mol. The van der Waals surface area contributed by atoms with E-state index in [2.05, 4.69) is 45.2 Å². The van der Waals surface area contributed by atoms with Gasteiger partial charge in [0.1, 0.15) is 5.52 Å². The maximum atomic E-state index is 14.7. The number of halogens is 1. The molecule has 32 heavy (non-hydrogen) atoms. The summed E-state index contributed by atoms with van der Waals surface area (Å²) in [5.74, 6) is -1.36. The summed E-state index contributed by atoms with van der Waals surface area (Å²) in [6.45, 7) is 5.94. The van der Waals surface area contributed by atoms with E-state index < -0.39 is 11.6 Å². The van der Waals surface area contributed by atoms with Crippen LogP contribution in [0.2, 0.25) is 0 Å². The summed E-state index contributed by atoms with van der Waals surface area (Å²) in [5.41, 5.74) is 2.21. The van der Waals surface area contributed by atoms with Crippen LogP contribution in [-0.2, 0) is 7.05 Å². The molecular formula is C23H22FN7O. The zero-order valence-corrected chi connectivity index (χ0v) is 18.0. The minimum atomic E-state index is -0.816. The fraction of sp³-hybridized carbons (Fsp3) is 0.304. The summed E-state index contributed by atoms with van der Waals surface area (Å²) < 4.78 is 16.2. The molecule has 1 saturated heterocycles. The number of hydrogen-bond donors (Lipinski definition) is 2. The van der Waals surface area contributed by atoms with E-state index in [9.17, 15) is 14.8 Å². The number of aromatic hydroxyl groups is 1. The van der Waals surface area contributed by atoms with Crippen molar-refractivity contribution < 1.29 is 9.50 Å².